The monoisotopic (exact) mass is 282 g/mol. The maximum atomic E-state index is 11.1. The van der Waals surface area contributed by atoms with E-state index in [1.807, 2.05) is 28.6 Å². The predicted octanol–water partition coefficient (Wildman–Crippen LogP) is 2.58. The molecule has 0 unspecified atom stereocenters. The number of carboxylic acids is 1. The van der Waals surface area contributed by atoms with Gasteiger partial charge in [0.05, 0.1) is 0 Å². The van der Waals surface area contributed by atoms with E-state index in [2.05, 4.69) is 11.2 Å². The van der Waals surface area contributed by atoms with Crippen molar-refractivity contribution in [3.05, 3.63) is 24.0 Å². The summed E-state index contributed by atoms with van der Waals surface area (Å²) in [6, 6.07) is 3.86. The van der Waals surface area contributed by atoms with Crippen LogP contribution in [0.3, 0.4) is 0 Å². The highest BCUT2D eigenvalue weighted by molar-refractivity contribution is 7.98. The molecule has 19 heavy (non-hydrogen) atoms. The summed E-state index contributed by atoms with van der Waals surface area (Å²) in [6.45, 7) is 3.33. The molecule has 1 saturated heterocycles. The smallest absolute Gasteiger partial charge is 0.352 e. The molecule has 0 amide bonds. The average molecular weight is 282 g/mol. The molecule has 0 atom stereocenters. The Kier molecular flexibility index (Phi) is 5.34. The molecule has 0 aromatic carbocycles. The largest absolute Gasteiger partial charge is 0.477 e. The fourth-order valence-electron chi connectivity index (χ4n) is 2.75. The zero-order chi connectivity index (χ0) is 13.7. The van der Waals surface area contributed by atoms with Gasteiger partial charge in [0, 0.05) is 25.3 Å². The van der Waals surface area contributed by atoms with Crippen molar-refractivity contribution in [2.75, 3.05) is 31.6 Å². The first-order chi connectivity index (χ1) is 9.22. The van der Waals surface area contributed by atoms with Crippen molar-refractivity contribution in [3.8, 4) is 0 Å². The SMILES string of the molecule is CSCCCN1CCC(n2cccc2C(=O)O)CC1. The van der Waals surface area contributed by atoms with E-state index in [9.17, 15) is 4.79 Å². The molecule has 5 heteroatoms. The Bertz CT molecular complexity index is 411. The molecule has 2 heterocycles. The maximum Gasteiger partial charge on any atom is 0.352 e. The van der Waals surface area contributed by atoms with Crippen LogP contribution in [0.25, 0.3) is 0 Å². The third-order valence-corrected chi connectivity index (χ3v) is 4.47. The third kappa shape index (κ3) is 3.76. The highest BCUT2D eigenvalue weighted by atomic mass is 32.2. The Balaban J connectivity index is 1.86. The van der Waals surface area contributed by atoms with Crippen molar-refractivity contribution in [1.29, 1.82) is 0 Å². The van der Waals surface area contributed by atoms with E-state index in [4.69, 9.17) is 5.11 Å². The van der Waals surface area contributed by atoms with E-state index in [1.54, 1.807) is 6.07 Å². The number of carboxylic acid groups (broad SMARTS) is 1. The molecule has 1 aromatic heterocycles. The topological polar surface area (TPSA) is 45.5 Å². The van der Waals surface area contributed by atoms with Gasteiger partial charge in [0.1, 0.15) is 5.69 Å². The lowest BCUT2D eigenvalue weighted by Gasteiger charge is -2.33. The van der Waals surface area contributed by atoms with Crippen LogP contribution in [0, 0.1) is 0 Å². The van der Waals surface area contributed by atoms with Crippen molar-refractivity contribution in [1.82, 2.24) is 9.47 Å². The van der Waals surface area contributed by atoms with Gasteiger partial charge in [-0.05, 0) is 49.9 Å². The van der Waals surface area contributed by atoms with Crippen LogP contribution in [-0.2, 0) is 0 Å². The summed E-state index contributed by atoms with van der Waals surface area (Å²) in [5.41, 5.74) is 0.417. The second-order valence-electron chi connectivity index (χ2n) is 5.03. The molecular formula is C14H22N2O2S. The predicted molar refractivity (Wildman–Crippen MR) is 79.1 cm³/mol. The van der Waals surface area contributed by atoms with Crippen LogP contribution in [0.2, 0.25) is 0 Å². The molecule has 0 bridgehead atoms. The van der Waals surface area contributed by atoms with Crippen LogP contribution in [0.4, 0.5) is 0 Å². The summed E-state index contributed by atoms with van der Waals surface area (Å²) in [5, 5.41) is 9.15. The van der Waals surface area contributed by atoms with Crippen LogP contribution in [0.15, 0.2) is 18.3 Å². The van der Waals surface area contributed by atoms with Crippen LogP contribution in [0.1, 0.15) is 35.8 Å². The number of carbonyl (C=O) groups is 1. The van der Waals surface area contributed by atoms with Gasteiger partial charge in [-0.25, -0.2) is 4.79 Å². The van der Waals surface area contributed by atoms with Gasteiger partial charge in [-0.2, -0.15) is 11.8 Å². The van der Waals surface area contributed by atoms with E-state index >= 15 is 0 Å². The standard InChI is InChI=1S/C14H22N2O2S/c1-19-11-3-7-15-9-5-12(6-10-15)16-8-2-4-13(16)14(17)18/h2,4,8,12H,3,5-7,9-11H2,1H3,(H,17,18). The number of aromatic nitrogens is 1. The van der Waals surface area contributed by atoms with Gasteiger partial charge in [-0.1, -0.05) is 0 Å². The minimum absolute atomic E-state index is 0.345. The highest BCUT2D eigenvalue weighted by Gasteiger charge is 2.22. The van der Waals surface area contributed by atoms with Gasteiger partial charge in [0.2, 0.25) is 0 Å². The fourth-order valence-corrected chi connectivity index (χ4v) is 3.16. The molecule has 1 aliphatic rings. The number of piperidine rings is 1. The van der Waals surface area contributed by atoms with Gasteiger partial charge in [0.25, 0.3) is 0 Å². The molecule has 0 aliphatic carbocycles. The molecule has 106 valence electrons. The Morgan fingerprint density at radius 3 is 2.84 bits per heavy atom. The van der Waals surface area contributed by atoms with Crippen molar-refractivity contribution >= 4 is 17.7 Å². The molecule has 1 aromatic rings. The van der Waals surface area contributed by atoms with E-state index in [1.165, 1.54) is 18.7 Å². The number of thioether (sulfide) groups is 1. The average Bonchev–Trinajstić information content (AvgIpc) is 2.89. The van der Waals surface area contributed by atoms with E-state index in [-0.39, 0.29) is 0 Å². The van der Waals surface area contributed by atoms with E-state index in [0.717, 1.165) is 25.9 Å². The maximum absolute atomic E-state index is 11.1. The molecule has 2 rings (SSSR count). The van der Waals surface area contributed by atoms with Crippen LogP contribution < -0.4 is 0 Å². The van der Waals surface area contributed by atoms with E-state index < -0.39 is 5.97 Å². The number of nitrogens with zero attached hydrogens (tertiary/aromatic N) is 2. The Morgan fingerprint density at radius 1 is 1.47 bits per heavy atom. The van der Waals surface area contributed by atoms with Gasteiger partial charge in [0.15, 0.2) is 0 Å². The van der Waals surface area contributed by atoms with E-state index in [0.29, 0.717) is 11.7 Å². The molecule has 4 nitrogen and oxygen atoms in total. The van der Waals surface area contributed by atoms with Crippen molar-refractivity contribution in [2.24, 2.45) is 0 Å². The minimum atomic E-state index is -0.826. The molecule has 0 saturated carbocycles. The van der Waals surface area contributed by atoms with Crippen molar-refractivity contribution in [2.45, 2.75) is 25.3 Å². The molecule has 1 fully saturated rings. The summed E-state index contributed by atoms with van der Waals surface area (Å²) >= 11 is 1.90. The Morgan fingerprint density at radius 2 is 2.21 bits per heavy atom. The quantitative estimate of drug-likeness (QED) is 0.815. The van der Waals surface area contributed by atoms with Crippen molar-refractivity contribution < 1.29 is 9.90 Å². The molecule has 1 N–H and O–H groups in total. The first-order valence-electron chi connectivity index (χ1n) is 6.84. The van der Waals surface area contributed by atoms with Crippen molar-refractivity contribution in [3.63, 3.8) is 0 Å². The zero-order valence-electron chi connectivity index (χ0n) is 11.4. The van der Waals surface area contributed by atoms with Crippen LogP contribution >= 0.6 is 11.8 Å². The normalized spacial score (nSPS) is 17.7. The first-order valence-corrected chi connectivity index (χ1v) is 8.23. The fraction of sp³-hybridized carbons (Fsp3) is 0.643. The van der Waals surface area contributed by atoms with Gasteiger partial charge in [-0.3, -0.25) is 0 Å². The molecular weight excluding hydrogens is 260 g/mol. The molecule has 0 radical (unpaired) electrons. The Hall–Kier alpha value is -0.940. The van der Waals surface area contributed by atoms with Gasteiger partial charge in [-0.15, -0.1) is 0 Å². The number of likely N-dealkylation sites (tertiary alicyclic amines) is 1. The summed E-state index contributed by atoms with van der Waals surface area (Å²) in [7, 11) is 0. The summed E-state index contributed by atoms with van der Waals surface area (Å²) in [5.74, 6) is 0.396. The lowest BCUT2D eigenvalue weighted by atomic mass is 10.0. The first kappa shape index (κ1) is 14.5. The van der Waals surface area contributed by atoms with Gasteiger partial charge < -0.3 is 14.6 Å². The second kappa shape index (κ2) is 7.01. The van der Waals surface area contributed by atoms with Crippen LogP contribution in [0.5, 0.6) is 0 Å². The lowest BCUT2D eigenvalue weighted by molar-refractivity contribution is 0.0678. The third-order valence-electron chi connectivity index (χ3n) is 3.77. The summed E-state index contributed by atoms with van der Waals surface area (Å²) < 4.78 is 1.93. The minimum Gasteiger partial charge on any atom is -0.477 e. The second-order valence-corrected chi connectivity index (χ2v) is 6.01. The summed E-state index contributed by atoms with van der Waals surface area (Å²) in [6.07, 6.45) is 7.39. The number of hydrogen-bond donors (Lipinski definition) is 1. The summed E-state index contributed by atoms with van der Waals surface area (Å²) in [4.78, 5) is 13.6. The number of rotatable bonds is 6. The lowest BCUT2D eigenvalue weighted by Crippen LogP contribution is -2.35. The van der Waals surface area contributed by atoms with Gasteiger partial charge >= 0.3 is 5.97 Å². The highest BCUT2D eigenvalue weighted by Crippen LogP contribution is 2.24. The molecule has 0 spiro atoms. The molecule has 1 aliphatic heterocycles. The zero-order valence-corrected chi connectivity index (χ0v) is 12.2. The number of aromatic carboxylic acids is 1. The number of hydrogen-bond acceptors (Lipinski definition) is 3. The Labute approximate surface area is 118 Å². The van der Waals surface area contributed by atoms with Crippen LogP contribution in [-0.4, -0.2) is 52.2 Å².